The van der Waals surface area contributed by atoms with E-state index < -0.39 is 0 Å². The number of piperidine rings is 1. The molecule has 4 nitrogen and oxygen atoms in total. The number of halogens is 1. The van der Waals surface area contributed by atoms with E-state index in [0.29, 0.717) is 16.5 Å². The summed E-state index contributed by atoms with van der Waals surface area (Å²) in [7, 11) is 1.57. The number of nitrogens with one attached hydrogen (secondary N) is 1. The average Bonchev–Trinajstić information content (AvgIpc) is 2.64. The third-order valence-electron chi connectivity index (χ3n) is 4.54. The molecule has 0 aromatic heterocycles. The summed E-state index contributed by atoms with van der Waals surface area (Å²) >= 11 is 6.17. The highest BCUT2D eigenvalue weighted by Crippen LogP contribution is 2.29. The summed E-state index contributed by atoms with van der Waals surface area (Å²) in [6, 6.07) is 14.9. The maximum atomic E-state index is 13.1. The van der Waals surface area contributed by atoms with E-state index in [1.54, 1.807) is 25.3 Å². The van der Waals surface area contributed by atoms with Gasteiger partial charge in [-0.05, 0) is 49.7 Å². The third-order valence-corrected chi connectivity index (χ3v) is 4.83. The Morgan fingerprint density at radius 2 is 1.84 bits per heavy atom. The Morgan fingerprint density at radius 3 is 2.48 bits per heavy atom. The summed E-state index contributed by atoms with van der Waals surface area (Å²) < 4.78 is 5.16. The van der Waals surface area contributed by atoms with Crippen LogP contribution in [-0.4, -0.2) is 31.0 Å². The van der Waals surface area contributed by atoms with Crippen molar-refractivity contribution in [2.75, 3.05) is 25.5 Å². The lowest BCUT2D eigenvalue weighted by molar-refractivity contribution is -0.122. The van der Waals surface area contributed by atoms with Crippen molar-refractivity contribution in [3.8, 4) is 5.75 Å². The van der Waals surface area contributed by atoms with Crippen molar-refractivity contribution in [3.63, 3.8) is 0 Å². The Labute approximate surface area is 153 Å². The molecule has 1 amide bonds. The molecule has 1 atom stereocenters. The monoisotopic (exact) mass is 358 g/mol. The number of carbonyl (C=O) groups is 1. The summed E-state index contributed by atoms with van der Waals surface area (Å²) in [5.41, 5.74) is 1.69. The van der Waals surface area contributed by atoms with Crippen LogP contribution in [0.1, 0.15) is 30.9 Å². The number of hydrogen-bond donors (Lipinski definition) is 1. The molecule has 1 heterocycles. The van der Waals surface area contributed by atoms with Gasteiger partial charge in [0.25, 0.3) is 0 Å². The van der Waals surface area contributed by atoms with Crippen LogP contribution in [0.3, 0.4) is 0 Å². The van der Waals surface area contributed by atoms with E-state index >= 15 is 0 Å². The van der Waals surface area contributed by atoms with Gasteiger partial charge in [-0.15, -0.1) is 0 Å². The number of ether oxygens (including phenoxy) is 1. The summed E-state index contributed by atoms with van der Waals surface area (Å²) in [6.45, 7) is 1.88. The van der Waals surface area contributed by atoms with Gasteiger partial charge in [0, 0.05) is 5.69 Å². The number of carbonyl (C=O) groups excluding carboxylic acids is 1. The standard InChI is InChI=1S/C20H23ClN2O2/c1-25-18-11-10-16(14-17(18)21)22-20(24)19(15-8-4-2-5-9-15)23-12-6-3-7-13-23/h2,4-5,8-11,14,19H,3,6-7,12-13H2,1H3,(H,22,24)/t19-/m1/s1. The van der Waals surface area contributed by atoms with Crippen molar-refractivity contribution in [3.05, 3.63) is 59.1 Å². The van der Waals surface area contributed by atoms with Gasteiger partial charge in [-0.3, -0.25) is 9.69 Å². The Balaban J connectivity index is 1.82. The van der Waals surface area contributed by atoms with E-state index in [1.807, 2.05) is 30.3 Å². The predicted molar refractivity (Wildman–Crippen MR) is 101 cm³/mol. The number of anilines is 1. The van der Waals surface area contributed by atoms with E-state index in [-0.39, 0.29) is 11.9 Å². The van der Waals surface area contributed by atoms with Gasteiger partial charge in [-0.25, -0.2) is 0 Å². The Bertz CT molecular complexity index is 715. The first-order valence-corrected chi connectivity index (χ1v) is 9.00. The molecule has 25 heavy (non-hydrogen) atoms. The fraction of sp³-hybridized carbons (Fsp3) is 0.350. The van der Waals surface area contributed by atoms with Crippen LogP contribution < -0.4 is 10.1 Å². The summed E-state index contributed by atoms with van der Waals surface area (Å²) in [5.74, 6) is 0.560. The Hall–Kier alpha value is -2.04. The molecule has 1 N–H and O–H groups in total. The molecule has 0 spiro atoms. The molecule has 2 aromatic carbocycles. The zero-order valence-corrected chi connectivity index (χ0v) is 15.1. The number of nitrogens with zero attached hydrogens (tertiary/aromatic N) is 1. The minimum atomic E-state index is -0.289. The molecule has 0 aliphatic carbocycles. The second kappa shape index (κ2) is 8.37. The lowest BCUT2D eigenvalue weighted by atomic mass is 10.0. The maximum absolute atomic E-state index is 13.1. The van der Waals surface area contributed by atoms with Gasteiger partial charge in [0.2, 0.25) is 5.91 Å². The smallest absolute Gasteiger partial charge is 0.246 e. The minimum absolute atomic E-state index is 0.0330. The third kappa shape index (κ3) is 4.33. The average molecular weight is 359 g/mol. The molecule has 1 aliphatic heterocycles. The lowest BCUT2D eigenvalue weighted by Crippen LogP contribution is -2.40. The van der Waals surface area contributed by atoms with Crippen LogP contribution in [0.15, 0.2) is 48.5 Å². The molecule has 132 valence electrons. The van der Waals surface area contributed by atoms with Gasteiger partial charge in [-0.2, -0.15) is 0 Å². The summed E-state index contributed by atoms with van der Waals surface area (Å²) in [6.07, 6.45) is 3.49. The van der Waals surface area contributed by atoms with Crippen molar-refractivity contribution < 1.29 is 9.53 Å². The minimum Gasteiger partial charge on any atom is -0.495 e. The number of likely N-dealkylation sites (tertiary alicyclic amines) is 1. The lowest BCUT2D eigenvalue weighted by Gasteiger charge is -2.34. The molecule has 2 aromatic rings. The number of rotatable bonds is 5. The molecule has 1 saturated heterocycles. The quantitative estimate of drug-likeness (QED) is 0.854. The first-order chi connectivity index (χ1) is 12.2. The van der Waals surface area contributed by atoms with Gasteiger partial charge in [0.05, 0.1) is 12.1 Å². The van der Waals surface area contributed by atoms with Crippen LogP contribution in [0.25, 0.3) is 0 Å². The Kier molecular flexibility index (Phi) is 5.95. The molecule has 0 radical (unpaired) electrons. The normalized spacial score (nSPS) is 16.2. The number of hydrogen-bond acceptors (Lipinski definition) is 3. The molecule has 5 heteroatoms. The highest BCUT2D eigenvalue weighted by molar-refractivity contribution is 6.32. The number of methoxy groups -OCH3 is 1. The van der Waals surface area contributed by atoms with Crippen molar-refractivity contribution in [1.29, 1.82) is 0 Å². The predicted octanol–water partition coefficient (Wildman–Crippen LogP) is 4.51. The van der Waals surface area contributed by atoms with E-state index in [1.165, 1.54) is 6.42 Å². The highest BCUT2D eigenvalue weighted by atomic mass is 35.5. The van der Waals surface area contributed by atoms with E-state index in [2.05, 4.69) is 10.2 Å². The van der Waals surface area contributed by atoms with Crippen molar-refractivity contribution in [1.82, 2.24) is 4.90 Å². The second-order valence-electron chi connectivity index (χ2n) is 6.25. The van der Waals surface area contributed by atoms with Crippen molar-refractivity contribution in [2.24, 2.45) is 0 Å². The van der Waals surface area contributed by atoms with Crippen molar-refractivity contribution >= 4 is 23.2 Å². The van der Waals surface area contributed by atoms with Gasteiger partial charge in [0.1, 0.15) is 11.8 Å². The van der Waals surface area contributed by atoms with Crippen LogP contribution >= 0.6 is 11.6 Å². The molecule has 3 rings (SSSR count). The molecule has 1 aliphatic rings. The number of amides is 1. The van der Waals surface area contributed by atoms with E-state index in [9.17, 15) is 4.79 Å². The van der Waals surface area contributed by atoms with Crippen LogP contribution in [-0.2, 0) is 4.79 Å². The Morgan fingerprint density at radius 1 is 1.12 bits per heavy atom. The summed E-state index contributed by atoms with van der Waals surface area (Å²) in [4.78, 5) is 15.3. The molecule has 1 fully saturated rings. The number of benzene rings is 2. The maximum Gasteiger partial charge on any atom is 0.246 e. The molecule has 0 unspecified atom stereocenters. The van der Waals surface area contributed by atoms with Gasteiger partial charge in [-0.1, -0.05) is 48.4 Å². The SMILES string of the molecule is COc1ccc(NC(=O)[C@@H](c2ccccc2)N2CCCCC2)cc1Cl. The zero-order valence-electron chi connectivity index (χ0n) is 14.4. The van der Waals surface area contributed by atoms with Gasteiger partial charge < -0.3 is 10.1 Å². The molecular formula is C20H23ClN2O2. The molecule has 0 saturated carbocycles. The zero-order chi connectivity index (χ0) is 17.6. The first-order valence-electron chi connectivity index (χ1n) is 8.62. The van der Waals surface area contributed by atoms with Crippen LogP contribution in [0.2, 0.25) is 5.02 Å². The first kappa shape index (κ1) is 17.8. The molecular weight excluding hydrogens is 336 g/mol. The fourth-order valence-electron chi connectivity index (χ4n) is 3.29. The largest absolute Gasteiger partial charge is 0.495 e. The van der Waals surface area contributed by atoms with Crippen LogP contribution in [0.4, 0.5) is 5.69 Å². The van der Waals surface area contributed by atoms with Crippen LogP contribution in [0, 0.1) is 0 Å². The second-order valence-corrected chi connectivity index (χ2v) is 6.66. The van der Waals surface area contributed by atoms with E-state index in [0.717, 1.165) is 31.5 Å². The van der Waals surface area contributed by atoms with E-state index in [4.69, 9.17) is 16.3 Å². The van der Waals surface area contributed by atoms with Crippen molar-refractivity contribution in [2.45, 2.75) is 25.3 Å². The van der Waals surface area contributed by atoms with Crippen LogP contribution in [0.5, 0.6) is 5.75 Å². The van der Waals surface area contributed by atoms with Gasteiger partial charge in [0.15, 0.2) is 0 Å². The van der Waals surface area contributed by atoms with Gasteiger partial charge >= 0.3 is 0 Å². The molecule has 0 bridgehead atoms. The fourth-order valence-corrected chi connectivity index (χ4v) is 3.55. The highest BCUT2D eigenvalue weighted by Gasteiger charge is 2.28. The topological polar surface area (TPSA) is 41.6 Å². The summed E-state index contributed by atoms with van der Waals surface area (Å²) in [5, 5.41) is 3.49.